The third kappa shape index (κ3) is 3.96. The predicted octanol–water partition coefficient (Wildman–Crippen LogP) is 3.76. The van der Waals surface area contributed by atoms with Gasteiger partial charge in [0.2, 0.25) is 5.91 Å². The van der Waals surface area contributed by atoms with Gasteiger partial charge in [0.15, 0.2) is 0 Å². The number of hydrogen-bond donors (Lipinski definition) is 1. The van der Waals surface area contributed by atoms with Gasteiger partial charge in [-0.05, 0) is 40.4 Å². The minimum absolute atomic E-state index is 0.0944. The van der Waals surface area contributed by atoms with E-state index < -0.39 is 0 Å². The number of amides is 1. The van der Waals surface area contributed by atoms with Crippen LogP contribution in [-0.4, -0.2) is 5.91 Å². The maximum absolute atomic E-state index is 11.7. The number of halogens is 1. The number of benzene rings is 1. The zero-order chi connectivity index (χ0) is 12.8. The lowest BCUT2D eigenvalue weighted by Crippen LogP contribution is -2.22. The second-order valence-corrected chi connectivity index (χ2v) is 5.63. The van der Waals surface area contributed by atoms with Crippen molar-refractivity contribution in [3.63, 3.8) is 0 Å². The molecule has 2 nitrogen and oxygen atoms in total. The van der Waals surface area contributed by atoms with Crippen LogP contribution in [0.1, 0.15) is 17.5 Å². The lowest BCUT2D eigenvalue weighted by atomic mass is 10.1. The van der Waals surface area contributed by atoms with Crippen molar-refractivity contribution in [2.24, 2.45) is 0 Å². The van der Waals surface area contributed by atoms with Crippen LogP contribution in [0.3, 0.4) is 0 Å². The molecule has 1 N–H and O–H groups in total. The van der Waals surface area contributed by atoms with E-state index in [-0.39, 0.29) is 5.91 Å². The Hall–Kier alpha value is -1.13. The first-order chi connectivity index (χ1) is 8.75. The van der Waals surface area contributed by atoms with Crippen LogP contribution in [0, 0.1) is 0 Å². The molecule has 0 aliphatic heterocycles. The molecule has 2 rings (SSSR count). The molecule has 0 spiro atoms. The summed E-state index contributed by atoms with van der Waals surface area (Å²) in [5.41, 5.74) is 2.33. The quantitative estimate of drug-likeness (QED) is 0.891. The van der Waals surface area contributed by atoms with Gasteiger partial charge in [-0.25, -0.2) is 0 Å². The topological polar surface area (TPSA) is 29.1 Å². The van der Waals surface area contributed by atoms with Gasteiger partial charge in [-0.15, -0.1) is 0 Å². The third-order valence-corrected chi connectivity index (χ3v) is 4.15. The Labute approximate surface area is 119 Å². The summed E-state index contributed by atoms with van der Waals surface area (Å²) < 4.78 is 1.07. The molecular weight excluding hydrogens is 310 g/mol. The molecule has 0 aliphatic carbocycles. The van der Waals surface area contributed by atoms with E-state index in [9.17, 15) is 4.79 Å². The van der Waals surface area contributed by atoms with Crippen LogP contribution in [0.2, 0.25) is 0 Å². The van der Waals surface area contributed by atoms with Crippen LogP contribution in [0.15, 0.2) is 45.6 Å². The van der Waals surface area contributed by atoms with Crippen LogP contribution >= 0.6 is 27.3 Å². The van der Waals surface area contributed by atoms with Crippen molar-refractivity contribution in [3.05, 3.63) is 56.7 Å². The number of aryl methyl sites for hydroxylation is 1. The predicted molar refractivity (Wildman–Crippen MR) is 78.6 cm³/mol. The highest BCUT2D eigenvalue weighted by Gasteiger charge is 2.04. The molecule has 94 valence electrons. The van der Waals surface area contributed by atoms with Crippen LogP contribution in [0.4, 0.5) is 0 Å². The van der Waals surface area contributed by atoms with Crippen molar-refractivity contribution < 1.29 is 4.79 Å². The normalized spacial score (nSPS) is 10.3. The van der Waals surface area contributed by atoms with E-state index >= 15 is 0 Å². The van der Waals surface area contributed by atoms with Crippen LogP contribution < -0.4 is 5.32 Å². The summed E-state index contributed by atoms with van der Waals surface area (Å²) in [4.78, 5) is 11.7. The summed E-state index contributed by atoms with van der Waals surface area (Å²) >= 11 is 5.13. The number of carbonyl (C=O) groups excluding carboxylic acids is 1. The van der Waals surface area contributed by atoms with Gasteiger partial charge in [0.05, 0.1) is 0 Å². The average Bonchev–Trinajstić information content (AvgIpc) is 2.88. The molecular formula is C14H14BrNOS. The SMILES string of the molecule is O=C(CCc1ccccc1Br)NCc1ccsc1. The highest BCUT2D eigenvalue weighted by atomic mass is 79.9. The van der Waals surface area contributed by atoms with E-state index in [1.54, 1.807) is 11.3 Å². The summed E-state index contributed by atoms with van der Waals surface area (Å²) in [5.74, 6) is 0.0944. The molecule has 2 aromatic rings. The molecule has 0 bridgehead atoms. The molecule has 0 atom stereocenters. The van der Waals surface area contributed by atoms with Crippen molar-refractivity contribution in [3.8, 4) is 0 Å². The first-order valence-corrected chi connectivity index (χ1v) is 7.50. The fourth-order valence-corrected chi connectivity index (χ4v) is 2.78. The number of nitrogens with one attached hydrogen (secondary N) is 1. The van der Waals surface area contributed by atoms with Gasteiger partial charge >= 0.3 is 0 Å². The lowest BCUT2D eigenvalue weighted by molar-refractivity contribution is -0.121. The molecule has 1 aromatic heterocycles. The molecule has 1 aromatic carbocycles. The van der Waals surface area contributed by atoms with Gasteiger partial charge in [-0.3, -0.25) is 4.79 Å². The molecule has 0 saturated heterocycles. The minimum atomic E-state index is 0.0944. The van der Waals surface area contributed by atoms with Gasteiger partial charge in [-0.2, -0.15) is 11.3 Å². The van der Waals surface area contributed by atoms with E-state index in [2.05, 4.69) is 21.2 Å². The average molecular weight is 324 g/mol. The zero-order valence-corrected chi connectivity index (χ0v) is 12.3. The molecule has 0 radical (unpaired) electrons. The van der Waals surface area contributed by atoms with Crippen LogP contribution in [-0.2, 0) is 17.8 Å². The Bertz CT molecular complexity index is 510. The lowest BCUT2D eigenvalue weighted by Gasteiger charge is -2.05. The van der Waals surface area contributed by atoms with E-state index in [4.69, 9.17) is 0 Å². The number of rotatable bonds is 5. The fourth-order valence-electron chi connectivity index (χ4n) is 1.63. The van der Waals surface area contributed by atoms with Crippen molar-refractivity contribution in [2.75, 3.05) is 0 Å². The molecule has 0 unspecified atom stereocenters. The maximum Gasteiger partial charge on any atom is 0.220 e. The Morgan fingerprint density at radius 2 is 2.11 bits per heavy atom. The maximum atomic E-state index is 11.7. The number of hydrogen-bond acceptors (Lipinski definition) is 2. The zero-order valence-electron chi connectivity index (χ0n) is 9.86. The smallest absolute Gasteiger partial charge is 0.220 e. The Morgan fingerprint density at radius 1 is 1.28 bits per heavy atom. The van der Waals surface area contributed by atoms with Gasteiger partial charge in [0, 0.05) is 17.4 Å². The first-order valence-electron chi connectivity index (χ1n) is 5.77. The number of carbonyl (C=O) groups is 1. The summed E-state index contributed by atoms with van der Waals surface area (Å²) in [5, 5.41) is 6.99. The van der Waals surface area contributed by atoms with E-state index in [1.165, 1.54) is 5.56 Å². The molecule has 1 heterocycles. The summed E-state index contributed by atoms with van der Waals surface area (Å²) in [7, 11) is 0. The second kappa shape index (κ2) is 6.71. The van der Waals surface area contributed by atoms with Crippen LogP contribution in [0.25, 0.3) is 0 Å². The molecule has 4 heteroatoms. The summed E-state index contributed by atoms with van der Waals surface area (Å²) in [6.45, 7) is 0.623. The summed E-state index contributed by atoms with van der Waals surface area (Å²) in [6, 6.07) is 10.0. The fraction of sp³-hybridized carbons (Fsp3) is 0.214. The van der Waals surface area contributed by atoms with Crippen molar-refractivity contribution in [1.82, 2.24) is 5.32 Å². The first kappa shape index (κ1) is 13.3. The second-order valence-electron chi connectivity index (χ2n) is 4.00. The largest absolute Gasteiger partial charge is 0.352 e. The summed E-state index contributed by atoms with van der Waals surface area (Å²) in [6.07, 6.45) is 1.28. The van der Waals surface area contributed by atoms with Gasteiger partial charge < -0.3 is 5.32 Å². The molecule has 1 amide bonds. The molecule has 18 heavy (non-hydrogen) atoms. The Kier molecular flexibility index (Phi) is 4.96. The number of thiophene rings is 1. The molecule has 0 saturated carbocycles. The van der Waals surface area contributed by atoms with Gasteiger partial charge in [0.25, 0.3) is 0 Å². The third-order valence-electron chi connectivity index (χ3n) is 2.65. The minimum Gasteiger partial charge on any atom is -0.352 e. The van der Waals surface area contributed by atoms with Gasteiger partial charge in [0.1, 0.15) is 0 Å². The standard InChI is InChI=1S/C14H14BrNOS/c15-13-4-2-1-3-12(13)5-6-14(17)16-9-11-7-8-18-10-11/h1-4,7-8,10H,5-6,9H2,(H,16,17). The Balaban J connectivity index is 1.77. The monoisotopic (exact) mass is 323 g/mol. The van der Waals surface area contributed by atoms with Crippen molar-refractivity contribution in [2.45, 2.75) is 19.4 Å². The van der Waals surface area contributed by atoms with Crippen LogP contribution in [0.5, 0.6) is 0 Å². The highest BCUT2D eigenvalue weighted by molar-refractivity contribution is 9.10. The van der Waals surface area contributed by atoms with E-state index in [0.717, 1.165) is 16.5 Å². The van der Waals surface area contributed by atoms with Gasteiger partial charge in [-0.1, -0.05) is 34.1 Å². The van der Waals surface area contributed by atoms with E-state index in [1.807, 2.05) is 41.1 Å². The Morgan fingerprint density at radius 3 is 2.83 bits per heavy atom. The molecule has 0 aliphatic rings. The molecule has 0 fully saturated rings. The van der Waals surface area contributed by atoms with E-state index in [0.29, 0.717) is 13.0 Å². The van der Waals surface area contributed by atoms with Crippen molar-refractivity contribution in [1.29, 1.82) is 0 Å². The highest BCUT2D eigenvalue weighted by Crippen LogP contribution is 2.17. The van der Waals surface area contributed by atoms with Crippen molar-refractivity contribution >= 4 is 33.2 Å².